The number of nitrogens with zero attached hydrogens (tertiary/aromatic N) is 3. The monoisotopic (exact) mass is 459 g/mol. The van der Waals surface area contributed by atoms with Gasteiger partial charge in [0.15, 0.2) is 0 Å². The Morgan fingerprint density at radius 2 is 1.34 bits per heavy atom. The van der Waals surface area contributed by atoms with Crippen LogP contribution in [-0.4, -0.2) is 24.6 Å². The number of non-ortho nitro benzene ring substituents is 1. The SMILES string of the molecule is CC1(C)N=C(c2ccccc2)S[C@@]12SC(c1ccccc1)=NC2c1ccc([N+](=O)[O-])cc1. The summed E-state index contributed by atoms with van der Waals surface area (Å²) in [6.45, 7) is 4.32. The highest BCUT2D eigenvalue weighted by Gasteiger charge is 2.61. The zero-order valence-electron chi connectivity index (χ0n) is 17.6. The van der Waals surface area contributed by atoms with E-state index in [1.807, 2.05) is 48.5 Å². The minimum absolute atomic E-state index is 0.0836. The number of rotatable bonds is 4. The van der Waals surface area contributed by atoms with Gasteiger partial charge in [-0.05, 0) is 31.5 Å². The van der Waals surface area contributed by atoms with E-state index < -0.39 is 9.62 Å². The van der Waals surface area contributed by atoms with Gasteiger partial charge in [-0.3, -0.25) is 20.1 Å². The van der Waals surface area contributed by atoms with Crippen molar-refractivity contribution < 1.29 is 4.92 Å². The molecule has 0 saturated carbocycles. The van der Waals surface area contributed by atoms with Crippen molar-refractivity contribution in [2.24, 2.45) is 9.98 Å². The van der Waals surface area contributed by atoms with Crippen LogP contribution in [0.15, 0.2) is 94.9 Å². The summed E-state index contributed by atoms with van der Waals surface area (Å²) in [6, 6.07) is 27.0. The molecule has 1 unspecified atom stereocenters. The van der Waals surface area contributed by atoms with Crippen molar-refractivity contribution in [3.05, 3.63) is 112 Å². The number of thioether (sulfide) groups is 2. The predicted molar refractivity (Wildman–Crippen MR) is 134 cm³/mol. The Balaban J connectivity index is 1.60. The van der Waals surface area contributed by atoms with Crippen molar-refractivity contribution in [1.29, 1.82) is 0 Å². The Kier molecular flexibility index (Phi) is 5.18. The van der Waals surface area contributed by atoms with E-state index in [4.69, 9.17) is 9.98 Å². The summed E-state index contributed by atoms with van der Waals surface area (Å²) in [5.74, 6) is 0. The standard InChI is InChI=1S/C25H21N3O2S2/c1-24(2)25(32-23(27-24)19-11-7-4-8-12-19)21(17-13-15-20(16-14-17)28(29)30)26-22(31-25)18-9-5-3-6-10-18/h3-16,21H,1-2H3/t21?,25-/m1/s1. The van der Waals surface area contributed by atoms with Crippen LogP contribution in [0.25, 0.3) is 0 Å². The van der Waals surface area contributed by atoms with Crippen LogP contribution in [0.1, 0.15) is 36.6 Å². The van der Waals surface area contributed by atoms with Crippen LogP contribution >= 0.6 is 23.5 Å². The van der Waals surface area contributed by atoms with Crippen molar-refractivity contribution in [3.8, 4) is 0 Å². The van der Waals surface area contributed by atoms with Crippen molar-refractivity contribution in [2.45, 2.75) is 29.5 Å². The Morgan fingerprint density at radius 3 is 1.91 bits per heavy atom. The molecule has 0 fully saturated rings. The molecule has 32 heavy (non-hydrogen) atoms. The maximum Gasteiger partial charge on any atom is 0.269 e. The van der Waals surface area contributed by atoms with Gasteiger partial charge in [-0.15, -0.1) is 0 Å². The van der Waals surface area contributed by atoms with E-state index >= 15 is 0 Å². The number of nitro benzene ring substituents is 1. The summed E-state index contributed by atoms with van der Waals surface area (Å²) in [6.07, 6.45) is 0. The van der Waals surface area contributed by atoms with Crippen molar-refractivity contribution in [3.63, 3.8) is 0 Å². The summed E-state index contributed by atoms with van der Waals surface area (Å²) >= 11 is 3.51. The number of hydrogen-bond donors (Lipinski definition) is 0. The summed E-state index contributed by atoms with van der Waals surface area (Å²) in [5.41, 5.74) is 2.80. The minimum Gasteiger partial charge on any atom is -0.269 e. The lowest BCUT2D eigenvalue weighted by Gasteiger charge is -2.38. The molecule has 3 aromatic carbocycles. The first-order chi connectivity index (χ1) is 15.4. The van der Waals surface area contributed by atoms with Crippen molar-refractivity contribution in [1.82, 2.24) is 0 Å². The lowest BCUT2D eigenvalue weighted by atomic mass is 9.90. The highest BCUT2D eigenvalue weighted by atomic mass is 32.2. The quantitative estimate of drug-likeness (QED) is 0.330. The average Bonchev–Trinajstić information content (AvgIpc) is 3.33. The second-order valence-electron chi connectivity index (χ2n) is 8.27. The third-order valence-electron chi connectivity index (χ3n) is 5.80. The predicted octanol–water partition coefficient (Wildman–Crippen LogP) is 6.50. The van der Waals surface area contributed by atoms with E-state index in [-0.39, 0.29) is 16.7 Å². The van der Waals surface area contributed by atoms with Crippen LogP contribution in [-0.2, 0) is 0 Å². The minimum atomic E-state index is -0.417. The first-order valence-electron chi connectivity index (χ1n) is 10.3. The van der Waals surface area contributed by atoms with E-state index in [2.05, 4.69) is 38.1 Å². The molecule has 160 valence electrons. The van der Waals surface area contributed by atoms with Gasteiger partial charge in [0.2, 0.25) is 0 Å². The fraction of sp³-hybridized carbons (Fsp3) is 0.200. The lowest BCUT2D eigenvalue weighted by Crippen LogP contribution is -2.43. The lowest BCUT2D eigenvalue weighted by molar-refractivity contribution is -0.384. The fourth-order valence-electron chi connectivity index (χ4n) is 4.08. The van der Waals surface area contributed by atoms with Gasteiger partial charge in [0, 0.05) is 23.3 Å². The molecule has 2 aliphatic heterocycles. The molecule has 0 aliphatic carbocycles. The molecule has 5 nitrogen and oxygen atoms in total. The van der Waals surface area contributed by atoms with Gasteiger partial charge in [-0.1, -0.05) is 84.2 Å². The number of nitro groups is 1. The molecule has 2 atom stereocenters. The maximum absolute atomic E-state index is 11.2. The molecule has 0 saturated heterocycles. The molecule has 2 heterocycles. The van der Waals surface area contributed by atoms with Gasteiger partial charge in [-0.2, -0.15) is 0 Å². The van der Waals surface area contributed by atoms with Gasteiger partial charge in [0.1, 0.15) is 15.2 Å². The molecule has 3 aromatic rings. The van der Waals surface area contributed by atoms with Crippen LogP contribution in [0.3, 0.4) is 0 Å². The Labute approximate surface area is 195 Å². The van der Waals surface area contributed by atoms with Crippen LogP contribution < -0.4 is 0 Å². The van der Waals surface area contributed by atoms with Crippen molar-refractivity contribution in [2.75, 3.05) is 0 Å². The molecule has 0 bridgehead atoms. The van der Waals surface area contributed by atoms with E-state index in [1.165, 1.54) is 0 Å². The van der Waals surface area contributed by atoms with E-state index in [1.54, 1.807) is 35.7 Å². The van der Waals surface area contributed by atoms with Crippen LogP contribution in [0.5, 0.6) is 0 Å². The number of benzene rings is 3. The second kappa shape index (κ2) is 7.90. The highest BCUT2D eigenvalue weighted by molar-refractivity contribution is 8.32. The van der Waals surface area contributed by atoms with E-state index in [0.29, 0.717) is 0 Å². The average molecular weight is 460 g/mol. The summed E-state index contributed by atoms with van der Waals surface area (Å²) in [5, 5.41) is 13.1. The molecular formula is C25H21N3O2S2. The normalized spacial score (nSPS) is 23.8. The zero-order chi connectivity index (χ0) is 22.3. The number of hydrogen-bond acceptors (Lipinski definition) is 6. The third-order valence-corrected chi connectivity index (χ3v) is 9.40. The Bertz CT molecular complexity index is 1220. The van der Waals surface area contributed by atoms with Crippen molar-refractivity contribution >= 4 is 39.3 Å². The summed E-state index contributed by atoms with van der Waals surface area (Å²) in [4.78, 5) is 21.1. The van der Waals surface area contributed by atoms with Gasteiger partial charge in [0.25, 0.3) is 5.69 Å². The van der Waals surface area contributed by atoms with Gasteiger partial charge >= 0.3 is 0 Å². The Morgan fingerprint density at radius 1 is 0.812 bits per heavy atom. The van der Waals surface area contributed by atoms with Gasteiger partial charge < -0.3 is 0 Å². The molecule has 5 rings (SSSR count). The van der Waals surface area contributed by atoms with E-state index in [0.717, 1.165) is 26.8 Å². The third kappa shape index (κ3) is 3.45. The van der Waals surface area contributed by atoms with E-state index in [9.17, 15) is 10.1 Å². The topological polar surface area (TPSA) is 67.9 Å². The first-order valence-corrected chi connectivity index (χ1v) is 11.9. The first kappa shape index (κ1) is 21.0. The molecule has 0 radical (unpaired) electrons. The molecule has 2 aliphatic rings. The summed E-state index contributed by atoms with van der Waals surface area (Å²) in [7, 11) is 0. The molecule has 7 heteroatoms. The second-order valence-corrected chi connectivity index (χ2v) is 11.0. The Hall–Kier alpha value is -2.90. The van der Waals surface area contributed by atoms with Crippen LogP contribution in [0.2, 0.25) is 0 Å². The maximum atomic E-state index is 11.2. The molecule has 0 amide bonds. The highest BCUT2D eigenvalue weighted by Crippen LogP contribution is 2.65. The fourth-order valence-corrected chi connectivity index (χ4v) is 7.42. The molecule has 0 aromatic heterocycles. The molecule has 1 spiro atoms. The molecular weight excluding hydrogens is 438 g/mol. The largest absolute Gasteiger partial charge is 0.269 e. The smallest absolute Gasteiger partial charge is 0.269 e. The zero-order valence-corrected chi connectivity index (χ0v) is 19.3. The van der Waals surface area contributed by atoms with Gasteiger partial charge in [0.05, 0.1) is 15.5 Å². The number of aliphatic imine (C=N–C) groups is 2. The van der Waals surface area contributed by atoms with Gasteiger partial charge in [-0.25, -0.2) is 0 Å². The van der Waals surface area contributed by atoms with Crippen LogP contribution in [0, 0.1) is 10.1 Å². The van der Waals surface area contributed by atoms with Crippen LogP contribution in [0.4, 0.5) is 5.69 Å². The molecule has 0 N–H and O–H groups in total. The summed E-state index contributed by atoms with van der Waals surface area (Å²) < 4.78 is -0.403.